The molecule has 0 bridgehead atoms. The molecule has 7 heteroatoms. The van der Waals surface area contributed by atoms with Crippen molar-refractivity contribution >= 4 is 28.3 Å². The Morgan fingerprint density at radius 1 is 1.12 bits per heavy atom. The number of carbonyl (C=O) groups excluding carboxylic acids is 1. The standard InChI is InChI=1S/C18H20N4O3/c1-11-3-6-16(25-2)15(9-11)19-8-7-17(23)20-12-4-5-13-14(10-12)22-18(24)21-13/h3-6,9-10,19H,7-8H2,1-2H3,(H,20,23)(H2,21,22,24). The van der Waals surface area contributed by atoms with Gasteiger partial charge in [0.05, 0.1) is 23.8 Å². The van der Waals surface area contributed by atoms with Crippen molar-refractivity contribution in [1.29, 1.82) is 0 Å². The van der Waals surface area contributed by atoms with Crippen molar-refractivity contribution < 1.29 is 9.53 Å². The van der Waals surface area contributed by atoms with Gasteiger partial charge in [0.15, 0.2) is 0 Å². The molecule has 0 saturated heterocycles. The number of aromatic nitrogens is 2. The number of carbonyl (C=O) groups is 1. The van der Waals surface area contributed by atoms with E-state index in [0.29, 0.717) is 29.7 Å². The molecule has 0 fully saturated rings. The van der Waals surface area contributed by atoms with Gasteiger partial charge in [0, 0.05) is 18.7 Å². The van der Waals surface area contributed by atoms with Crippen LogP contribution in [-0.2, 0) is 4.79 Å². The zero-order valence-electron chi connectivity index (χ0n) is 14.1. The minimum Gasteiger partial charge on any atom is -0.495 e. The fourth-order valence-electron chi connectivity index (χ4n) is 2.60. The minimum atomic E-state index is -0.269. The second-order valence-electron chi connectivity index (χ2n) is 5.77. The number of hydrogen-bond acceptors (Lipinski definition) is 4. The lowest BCUT2D eigenvalue weighted by Crippen LogP contribution is -2.16. The normalized spacial score (nSPS) is 10.6. The Morgan fingerprint density at radius 2 is 1.92 bits per heavy atom. The van der Waals surface area contributed by atoms with E-state index in [9.17, 15) is 9.59 Å². The molecular formula is C18H20N4O3. The molecule has 1 heterocycles. The smallest absolute Gasteiger partial charge is 0.323 e. The molecule has 0 radical (unpaired) electrons. The van der Waals surface area contributed by atoms with Crippen LogP contribution in [0.25, 0.3) is 11.0 Å². The van der Waals surface area contributed by atoms with Gasteiger partial charge in [-0.05, 0) is 42.8 Å². The lowest BCUT2D eigenvalue weighted by atomic mass is 10.2. The molecule has 0 unspecified atom stereocenters. The summed E-state index contributed by atoms with van der Waals surface area (Å²) in [5, 5.41) is 6.04. The summed E-state index contributed by atoms with van der Waals surface area (Å²) in [5.41, 5.74) is 3.71. The van der Waals surface area contributed by atoms with Crippen LogP contribution >= 0.6 is 0 Å². The Morgan fingerprint density at radius 3 is 2.72 bits per heavy atom. The van der Waals surface area contributed by atoms with E-state index >= 15 is 0 Å². The van der Waals surface area contributed by atoms with Crippen LogP contribution in [0.4, 0.5) is 11.4 Å². The molecule has 0 aliphatic heterocycles. The highest BCUT2D eigenvalue weighted by atomic mass is 16.5. The van der Waals surface area contributed by atoms with E-state index in [4.69, 9.17) is 4.74 Å². The van der Waals surface area contributed by atoms with Crippen molar-refractivity contribution in [1.82, 2.24) is 9.97 Å². The van der Waals surface area contributed by atoms with Gasteiger partial charge in [-0.1, -0.05) is 6.07 Å². The average molecular weight is 340 g/mol. The van der Waals surface area contributed by atoms with Crippen molar-refractivity contribution in [3.63, 3.8) is 0 Å². The van der Waals surface area contributed by atoms with E-state index < -0.39 is 0 Å². The summed E-state index contributed by atoms with van der Waals surface area (Å²) < 4.78 is 5.30. The molecule has 130 valence electrons. The monoisotopic (exact) mass is 340 g/mol. The maximum absolute atomic E-state index is 12.1. The van der Waals surface area contributed by atoms with Gasteiger partial charge in [0.25, 0.3) is 0 Å². The topological polar surface area (TPSA) is 99.0 Å². The van der Waals surface area contributed by atoms with Crippen LogP contribution in [0.5, 0.6) is 5.75 Å². The fourth-order valence-corrected chi connectivity index (χ4v) is 2.60. The molecule has 4 N–H and O–H groups in total. The minimum absolute atomic E-state index is 0.114. The van der Waals surface area contributed by atoms with E-state index in [1.54, 1.807) is 25.3 Å². The lowest BCUT2D eigenvalue weighted by molar-refractivity contribution is -0.115. The lowest BCUT2D eigenvalue weighted by Gasteiger charge is -2.12. The number of nitrogens with one attached hydrogen (secondary N) is 4. The van der Waals surface area contributed by atoms with Crippen LogP contribution < -0.4 is 21.1 Å². The van der Waals surface area contributed by atoms with E-state index in [1.807, 2.05) is 25.1 Å². The Balaban J connectivity index is 1.57. The molecule has 0 aliphatic carbocycles. The van der Waals surface area contributed by atoms with Gasteiger partial charge in [-0.15, -0.1) is 0 Å². The highest BCUT2D eigenvalue weighted by Gasteiger charge is 2.06. The van der Waals surface area contributed by atoms with Gasteiger partial charge in [0.1, 0.15) is 5.75 Å². The number of H-pyrrole nitrogens is 2. The van der Waals surface area contributed by atoms with Gasteiger partial charge in [-0.25, -0.2) is 4.79 Å². The Labute approximate surface area is 144 Å². The summed E-state index contributed by atoms with van der Waals surface area (Å²) in [4.78, 5) is 28.7. The molecule has 1 aromatic heterocycles. The van der Waals surface area contributed by atoms with Gasteiger partial charge < -0.3 is 25.3 Å². The number of rotatable bonds is 6. The third-order valence-corrected chi connectivity index (χ3v) is 3.82. The zero-order valence-corrected chi connectivity index (χ0v) is 14.1. The number of fused-ring (bicyclic) bond motifs is 1. The fraction of sp³-hybridized carbons (Fsp3) is 0.222. The number of anilines is 2. The van der Waals surface area contributed by atoms with E-state index in [0.717, 1.165) is 17.0 Å². The molecule has 0 atom stereocenters. The van der Waals surface area contributed by atoms with Gasteiger partial charge in [-0.2, -0.15) is 0 Å². The van der Waals surface area contributed by atoms with Gasteiger partial charge in [-0.3, -0.25) is 4.79 Å². The average Bonchev–Trinajstić information content (AvgIpc) is 2.94. The van der Waals surface area contributed by atoms with Crippen LogP contribution in [0.1, 0.15) is 12.0 Å². The maximum Gasteiger partial charge on any atom is 0.323 e. The van der Waals surface area contributed by atoms with Crippen LogP contribution in [0.15, 0.2) is 41.2 Å². The molecule has 0 aliphatic rings. The molecule has 0 saturated carbocycles. The summed E-state index contributed by atoms with van der Waals surface area (Å²) in [7, 11) is 1.62. The summed E-state index contributed by atoms with van der Waals surface area (Å²) >= 11 is 0. The highest BCUT2D eigenvalue weighted by molar-refractivity contribution is 5.93. The second kappa shape index (κ2) is 7.12. The number of ether oxygens (including phenoxy) is 1. The number of imidazole rings is 1. The van der Waals surface area contributed by atoms with E-state index in [2.05, 4.69) is 20.6 Å². The van der Waals surface area contributed by atoms with Crippen LogP contribution in [-0.4, -0.2) is 29.5 Å². The maximum atomic E-state index is 12.1. The van der Waals surface area contributed by atoms with Gasteiger partial charge >= 0.3 is 5.69 Å². The summed E-state index contributed by atoms with van der Waals surface area (Å²) in [6.45, 7) is 2.48. The molecule has 2 aromatic carbocycles. The van der Waals surface area contributed by atoms with Crippen LogP contribution in [0.3, 0.4) is 0 Å². The number of methoxy groups -OCH3 is 1. The first-order valence-corrected chi connectivity index (χ1v) is 7.95. The SMILES string of the molecule is COc1ccc(C)cc1NCCC(=O)Nc1ccc2[nH]c(=O)[nH]c2c1. The zero-order chi connectivity index (χ0) is 17.8. The molecule has 3 rings (SSSR count). The second-order valence-corrected chi connectivity index (χ2v) is 5.77. The van der Waals surface area contributed by atoms with Crippen molar-refractivity contribution in [2.45, 2.75) is 13.3 Å². The first kappa shape index (κ1) is 16.6. The first-order chi connectivity index (χ1) is 12.0. The van der Waals surface area contributed by atoms with E-state index in [-0.39, 0.29) is 11.6 Å². The summed E-state index contributed by atoms with van der Waals surface area (Å²) in [5.74, 6) is 0.629. The number of hydrogen-bond donors (Lipinski definition) is 4. The third-order valence-electron chi connectivity index (χ3n) is 3.82. The van der Waals surface area contributed by atoms with Crippen molar-refractivity contribution in [2.75, 3.05) is 24.3 Å². The van der Waals surface area contributed by atoms with Gasteiger partial charge in [0.2, 0.25) is 5.91 Å². The predicted molar refractivity (Wildman–Crippen MR) is 98.4 cm³/mol. The Kier molecular flexibility index (Phi) is 4.74. The largest absolute Gasteiger partial charge is 0.495 e. The predicted octanol–water partition coefficient (Wildman–Crippen LogP) is 2.61. The molecule has 1 amide bonds. The van der Waals surface area contributed by atoms with Crippen LogP contribution in [0.2, 0.25) is 0 Å². The summed E-state index contributed by atoms with van der Waals surface area (Å²) in [6.07, 6.45) is 0.304. The number of amides is 1. The molecule has 3 aromatic rings. The highest BCUT2D eigenvalue weighted by Crippen LogP contribution is 2.25. The van der Waals surface area contributed by atoms with E-state index in [1.165, 1.54) is 0 Å². The molecular weight excluding hydrogens is 320 g/mol. The Hall–Kier alpha value is -3.22. The number of aryl methyl sites for hydroxylation is 1. The molecule has 7 nitrogen and oxygen atoms in total. The van der Waals surface area contributed by atoms with Crippen molar-refractivity contribution in [3.8, 4) is 5.75 Å². The molecule has 0 spiro atoms. The number of benzene rings is 2. The summed E-state index contributed by atoms with van der Waals surface area (Å²) in [6, 6.07) is 11.1. The Bertz CT molecular complexity index is 958. The van der Waals surface area contributed by atoms with Crippen molar-refractivity contribution in [2.24, 2.45) is 0 Å². The third kappa shape index (κ3) is 4.00. The van der Waals surface area contributed by atoms with Crippen molar-refractivity contribution in [3.05, 3.63) is 52.4 Å². The van der Waals surface area contributed by atoms with Crippen LogP contribution in [0, 0.1) is 6.92 Å². The molecule has 25 heavy (non-hydrogen) atoms. The quantitative estimate of drug-likeness (QED) is 0.554. The first-order valence-electron chi connectivity index (χ1n) is 7.95. The number of aromatic amines is 2.